The molecule has 1 heterocycles. The van der Waals surface area contributed by atoms with Crippen molar-refractivity contribution >= 4 is 0 Å². The summed E-state index contributed by atoms with van der Waals surface area (Å²) in [5.41, 5.74) is 5.74. The second-order valence-corrected chi connectivity index (χ2v) is 6.59. The van der Waals surface area contributed by atoms with Crippen LogP contribution in [0.25, 0.3) is 0 Å². The van der Waals surface area contributed by atoms with Gasteiger partial charge in [0, 0.05) is 12.6 Å². The molecule has 2 N–H and O–H groups in total. The molecular formula is C17H37N3. The lowest BCUT2D eigenvalue weighted by molar-refractivity contribution is 0.176. The molecule has 3 nitrogen and oxygen atoms in total. The van der Waals surface area contributed by atoms with Gasteiger partial charge in [-0.3, -0.25) is 4.90 Å². The molecular weight excluding hydrogens is 246 g/mol. The zero-order valence-electron chi connectivity index (χ0n) is 14.1. The van der Waals surface area contributed by atoms with Crippen LogP contribution in [0.5, 0.6) is 0 Å². The van der Waals surface area contributed by atoms with Crippen LogP contribution in [-0.2, 0) is 0 Å². The van der Waals surface area contributed by atoms with Crippen molar-refractivity contribution in [1.82, 2.24) is 9.80 Å². The van der Waals surface area contributed by atoms with Gasteiger partial charge < -0.3 is 10.6 Å². The lowest BCUT2D eigenvalue weighted by Crippen LogP contribution is -2.40. The zero-order valence-corrected chi connectivity index (χ0v) is 14.1. The lowest BCUT2D eigenvalue weighted by atomic mass is 9.94. The summed E-state index contributed by atoms with van der Waals surface area (Å²) in [6.07, 6.45) is 9.21. The molecule has 0 saturated carbocycles. The number of nitrogens with two attached hydrogens (primary N) is 1. The first kappa shape index (κ1) is 17.9. The van der Waals surface area contributed by atoms with Crippen LogP contribution in [-0.4, -0.2) is 55.6 Å². The Morgan fingerprint density at radius 2 is 1.95 bits per heavy atom. The van der Waals surface area contributed by atoms with Crippen molar-refractivity contribution in [3.8, 4) is 0 Å². The third-order valence-corrected chi connectivity index (χ3v) is 4.82. The molecule has 0 bridgehead atoms. The van der Waals surface area contributed by atoms with Crippen LogP contribution in [0.2, 0.25) is 0 Å². The van der Waals surface area contributed by atoms with Crippen molar-refractivity contribution in [2.24, 2.45) is 11.7 Å². The van der Waals surface area contributed by atoms with E-state index in [9.17, 15) is 0 Å². The van der Waals surface area contributed by atoms with Crippen molar-refractivity contribution in [3.63, 3.8) is 0 Å². The van der Waals surface area contributed by atoms with Gasteiger partial charge in [-0.25, -0.2) is 0 Å². The van der Waals surface area contributed by atoms with Gasteiger partial charge in [0.05, 0.1) is 0 Å². The Hall–Kier alpha value is -0.120. The van der Waals surface area contributed by atoms with Crippen LogP contribution >= 0.6 is 0 Å². The Kier molecular flexibility index (Phi) is 9.49. The number of nitrogens with zero attached hydrogens (tertiary/aromatic N) is 2. The molecule has 0 radical (unpaired) electrons. The molecule has 120 valence electrons. The van der Waals surface area contributed by atoms with Crippen LogP contribution in [0.15, 0.2) is 0 Å². The molecule has 1 rings (SSSR count). The summed E-state index contributed by atoms with van der Waals surface area (Å²) >= 11 is 0. The fraction of sp³-hybridized carbons (Fsp3) is 1.00. The molecule has 1 saturated heterocycles. The maximum Gasteiger partial charge on any atom is 0.0220 e. The molecule has 1 aliphatic heterocycles. The fourth-order valence-corrected chi connectivity index (χ4v) is 3.63. The van der Waals surface area contributed by atoms with E-state index in [1.54, 1.807) is 0 Å². The van der Waals surface area contributed by atoms with E-state index in [4.69, 9.17) is 5.73 Å². The second-order valence-electron chi connectivity index (χ2n) is 6.59. The molecule has 20 heavy (non-hydrogen) atoms. The van der Waals surface area contributed by atoms with Crippen LogP contribution in [0.1, 0.15) is 58.8 Å². The highest BCUT2D eigenvalue weighted by atomic mass is 15.2. The Balaban J connectivity index is 2.33. The fourth-order valence-electron chi connectivity index (χ4n) is 3.63. The van der Waals surface area contributed by atoms with Gasteiger partial charge in [-0.05, 0) is 71.2 Å². The van der Waals surface area contributed by atoms with Crippen molar-refractivity contribution in [2.45, 2.75) is 64.8 Å². The highest BCUT2D eigenvalue weighted by Crippen LogP contribution is 2.19. The van der Waals surface area contributed by atoms with E-state index >= 15 is 0 Å². The first-order valence-corrected chi connectivity index (χ1v) is 8.83. The van der Waals surface area contributed by atoms with Crippen molar-refractivity contribution in [1.29, 1.82) is 0 Å². The highest BCUT2D eigenvalue weighted by Gasteiger charge is 2.21. The van der Waals surface area contributed by atoms with Crippen LogP contribution in [0.3, 0.4) is 0 Å². The number of rotatable bonds is 9. The molecule has 0 amide bonds. The normalized spacial score (nSPS) is 23.7. The van der Waals surface area contributed by atoms with E-state index in [1.165, 1.54) is 71.1 Å². The van der Waals surface area contributed by atoms with E-state index < -0.39 is 0 Å². The number of likely N-dealkylation sites (N-methyl/N-ethyl adjacent to an activating group) is 1. The van der Waals surface area contributed by atoms with Gasteiger partial charge >= 0.3 is 0 Å². The van der Waals surface area contributed by atoms with E-state index in [0.29, 0.717) is 0 Å². The molecule has 0 aromatic heterocycles. The summed E-state index contributed by atoms with van der Waals surface area (Å²) in [5, 5.41) is 0. The molecule has 2 atom stereocenters. The Morgan fingerprint density at radius 3 is 2.60 bits per heavy atom. The molecule has 0 aromatic carbocycles. The third-order valence-electron chi connectivity index (χ3n) is 4.82. The zero-order chi connectivity index (χ0) is 14.8. The van der Waals surface area contributed by atoms with Gasteiger partial charge in [0.25, 0.3) is 0 Å². The van der Waals surface area contributed by atoms with Gasteiger partial charge in [-0.2, -0.15) is 0 Å². The van der Waals surface area contributed by atoms with Gasteiger partial charge in [0.2, 0.25) is 0 Å². The minimum atomic E-state index is 0.765. The summed E-state index contributed by atoms with van der Waals surface area (Å²) < 4.78 is 0. The first-order chi connectivity index (χ1) is 9.71. The maximum atomic E-state index is 5.74. The average molecular weight is 284 g/mol. The SMILES string of the molecule is CCCC(CCN)CCCN1CCCN(C)CC1CC. The molecule has 3 heteroatoms. The lowest BCUT2D eigenvalue weighted by Gasteiger charge is -2.30. The van der Waals surface area contributed by atoms with Gasteiger partial charge in [-0.15, -0.1) is 0 Å². The van der Waals surface area contributed by atoms with E-state index in [1.807, 2.05) is 0 Å². The smallest absolute Gasteiger partial charge is 0.0220 e. The quantitative estimate of drug-likeness (QED) is 0.706. The molecule has 1 aliphatic rings. The minimum Gasteiger partial charge on any atom is -0.330 e. The van der Waals surface area contributed by atoms with E-state index in [0.717, 1.165) is 18.5 Å². The summed E-state index contributed by atoms with van der Waals surface area (Å²) in [6.45, 7) is 10.6. The summed E-state index contributed by atoms with van der Waals surface area (Å²) in [7, 11) is 2.27. The van der Waals surface area contributed by atoms with Crippen LogP contribution in [0.4, 0.5) is 0 Å². The molecule has 2 unspecified atom stereocenters. The minimum absolute atomic E-state index is 0.765. The Morgan fingerprint density at radius 1 is 1.15 bits per heavy atom. The van der Waals surface area contributed by atoms with Gasteiger partial charge in [0.15, 0.2) is 0 Å². The third kappa shape index (κ3) is 6.55. The predicted molar refractivity (Wildman–Crippen MR) is 89.1 cm³/mol. The highest BCUT2D eigenvalue weighted by molar-refractivity contribution is 4.78. The Labute approximate surface area is 126 Å². The summed E-state index contributed by atoms with van der Waals surface area (Å²) in [6, 6.07) is 0.765. The monoisotopic (exact) mass is 283 g/mol. The molecule has 0 aromatic rings. The maximum absolute atomic E-state index is 5.74. The average Bonchev–Trinajstić information content (AvgIpc) is 2.61. The van der Waals surface area contributed by atoms with Crippen LogP contribution < -0.4 is 5.73 Å². The molecule has 0 spiro atoms. The number of hydrogen-bond donors (Lipinski definition) is 1. The number of hydrogen-bond acceptors (Lipinski definition) is 3. The Bertz CT molecular complexity index is 226. The van der Waals surface area contributed by atoms with Gasteiger partial charge in [0.1, 0.15) is 0 Å². The largest absolute Gasteiger partial charge is 0.330 e. The second kappa shape index (κ2) is 10.6. The standard InChI is InChI=1S/C17H37N3/c1-4-8-16(10-11-18)9-6-13-20-14-7-12-19(3)15-17(20)5-2/h16-17H,4-15,18H2,1-3H3. The van der Waals surface area contributed by atoms with Crippen molar-refractivity contribution in [2.75, 3.05) is 39.8 Å². The molecule has 1 fully saturated rings. The van der Waals surface area contributed by atoms with Gasteiger partial charge in [-0.1, -0.05) is 26.7 Å². The van der Waals surface area contributed by atoms with Crippen molar-refractivity contribution in [3.05, 3.63) is 0 Å². The summed E-state index contributed by atoms with van der Waals surface area (Å²) in [4.78, 5) is 5.25. The van der Waals surface area contributed by atoms with E-state index in [-0.39, 0.29) is 0 Å². The topological polar surface area (TPSA) is 32.5 Å². The van der Waals surface area contributed by atoms with Crippen molar-refractivity contribution < 1.29 is 0 Å². The molecule has 0 aliphatic carbocycles. The van der Waals surface area contributed by atoms with E-state index in [2.05, 4.69) is 30.7 Å². The predicted octanol–water partition coefficient (Wildman–Crippen LogP) is 2.95. The van der Waals surface area contributed by atoms with Crippen LogP contribution in [0, 0.1) is 5.92 Å². The first-order valence-electron chi connectivity index (χ1n) is 8.83. The summed E-state index contributed by atoms with van der Waals surface area (Å²) in [5.74, 6) is 0.861.